The molecule has 0 bridgehead atoms. The molecule has 2 rings (SSSR count). The minimum Gasteiger partial charge on any atom is -0.468 e. The highest BCUT2D eigenvalue weighted by Gasteiger charge is 2.53. The topological polar surface area (TPSA) is 57.6 Å². The zero-order valence-corrected chi connectivity index (χ0v) is 11.1. The van der Waals surface area contributed by atoms with Gasteiger partial charge in [0.25, 0.3) is 0 Å². The van der Waals surface area contributed by atoms with Crippen LogP contribution in [0.15, 0.2) is 16.5 Å². The largest absolute Gasteiger partial charge is 0.532 e. The molecule has 1 aromatic heterocycles. The number of hydrogen-bond acceptors (Lipinski definition) is 4. The van der Waals surface area contributed by atoms with Gasteiger partial charge in [0.2, 0.25) is 0 Å². The fraction of sp³-hybridized carbons (Fsp3) is 0.667. The molecule has 0 saturated carbocycles. The van der Waals surface area contributed by atoms with Crippen LogP contribution in [0.4, 0.5) is 0 Å². The molecule has 0 radical (unpaired) electrons. The summed E-state index contributed by atoms with van der Waals surface area (Å²) in [4.78, 5) is 0. The quantitative estimate of drug-likeness (QED) is 0.793. The maximum atomic E-state index is 5.89. The van der Waals surface area contributed by atoms with Gasteiger partial charge in [-0.05, 0) is 46.8 Å². The molecule has 2 heterocycles. The van der Waals surface area contributed by atoms with Crippen molar-refractivity contribution < 1.29 is 13.7 Å². The molecule has 2 N–H and O–H groups in total. The minimum atomic E-state index is -0.451. The van der Waals surface area contributed by atoms with E-state index in [0.29, 0.717) is 5.66 Å². The van der Waals surface area contributed by atoms with Crippen LogP contribution in [0.1, 0.15) is 46.4 Å². The van der Waals surface area contributed by atoms with Gasteiger partial charge in [0, 0.05) is 0 Å². The van der Waals surface area contributed by atoms with E-state index in [1.54, 1.807) is 0 Å². The molecule has 1 saturated heterocycles. The average Bonchev–Trinajstić information content (AvgIpc) is 2.70. The Morgan fingerprint density at radius 2 is 1.65 bits per heavy atom. The van der Waals surface area contributed by atoms with Gasteiger partial charge in [-0.15, -0.1) is 0 Å². The molecule has 1 atom stereocenters. The Balaban J connectivity index is 2.20. The fourth-order valence-corrected chi connectivity index (χ4v) is 1.70. The van der Waals surface area contributed by atoms with Crippen molar-refractivity contribution in [2.45, 2.75) is 51.9 Å². The van der Waals surface area contributed by atoms with Crippen molar-refractivity contribution >= 4 is 12.8 Å². The van der Waals surface area contributed by atoms with E-state index >= 15 is 0 Å². The zero-order valence-electron chi connectivity index (χ0n) is 11.1. The Bertz CT molecular complexity index is 396. The summed E-state index contributed by atoms with van der Waals surface area (Å²) < 4.78 is 17.4. The first-order valence-corrected chi connectivity index (χ1v) is 5.94. The predicted molar refractivity (Wildman–Crippen MR) is 67.0 cm³/mol. The van der Waals surface area contributed by atoms with Gasteiger partial charge in [0.1, 0.15) is 11.4 Å². The van der Waals surface area contributed by atoms with E-state index in [-0.39, 0.29) is 17.2 Å². The Kier molecular flexibility index (Phi) is 2.88. The van der Waals surface area contributed by atoms with Gasteiger partial charge < -0.3 is 19.5 Å². The molecule has 1 fully saturated rings. The van der Waals surface area contributed by atoms with Crippen molar-refractivity contribution in [2.24, 2.45) is 5.73 Å². The van der Waals surface area contributed by atoms with Crippen LogP contribution in [-0.4, -0.2) is 18.3 Å². The molecule has 0 aliphatic carbocycles. The average molecular weight is 237 g/mol. The van der Waals surface area contributed by atoms with Gasteiger partial charge in [-0.25, -0.2) is 0 Å². The monoisotopic (exact) mass is 237 g/mol. The van der Waals surface area contributed by atoms with E-state index in [1.165, 1.54) is 0 Å². The van der Waals surface area contributed by atoms with E-state index < -0.39 is 7.12 Å². The lowest BCUT2D eigenvalue weighted by molar-refractivity contribution is 0.00578. The summed E-state index contributed by atoms with van der Waals surface area (Å²) in [6.07, 6.45) is 0. The number of hydrogen-bond donors (Lipinski definition) is 1. The van der Waals surface area contributed by atoms with E-state index in [2.05, 4.69) is 0 Å². The first-order valence-electron chi connectivity index (χ1n) is 5.94. The Hall–Kier alpha value is -0.775. The van der Waals surface area contributed by atoms with E-state index in [4.69, 9.17) is 19.5 Å². The van der Waals surface area contributed by atoms with Crippen LogP contribution in [0, 0.1) is 0 Å². The Morgan fingerprint density at radius 1 is 1.12 bits per heavy atom. The molecular weight excluding hydrogens is 217 g/mol. The molecule has 5 heteroatoms. The SMILES string of the molecule is C[C@@H](N)c1ccc(B2OC(C)(C)C(C)(C)O2)o1. The lowest BCUT2D eigenvalue weighted by Crippen LogP contribution is -2.41. The van der Waals surface area contributed by atoms with Gasteiger partial charge in [-0.3, -0.25) is 0 Å². The van der Waals surface area contributed by atoms with Gasteiger partial charge in [0.05, 0.1) is 17.2 Å². The number of furan rings is 1. The molecule has 4 nitrogen and oxygen atoms in total. The first-order chi connectivity index (χ1) is 7.73. The van der Waals surface area contributed by atoms with E-state index in [1.807, 2.05) is 46.8 Å². The van der Waals surface area contributed by atoms with Crippen molar-refractivity contribution in [3.63, 3.8) is 0 Å². The summed E-state index contributed by atoms with van der Waals surface area (Å²) in [6, 6.07) is 3.61. The van der Waals surface area contributed by atoms with Crippen molar-refractivity contribution in [3.05, 3.63) is 17.9 Å². The molecule has 1 aliphatic rings. The maximum Gasteiger partial charge on any atom is 0.532 e. The number of rotatable bonds is 2. The summed E-state index contributed by atoms with van der Waals surface area (Å²) >= 11 is 0. The second-order valence-corrected chi connectivity index (χ2v) is 5.62. The predicted octanol–water partition coefficient (Wildman–Crippen LogP) is 1.60. The molecule has 1 aliphatic heterocycles. The van der Waals surface area contributed by atoms with Crippen LogP contribution in [0.3, 0.4) is 0 Å². The van der Waals surface area contributed by atoms with Crippen molar-refractivity contribution in [3.8, 4) is 0 Å². The maximum absolute atomic E-state index is 5.89. The van der Waals surface area contributed by atoms with Gasteiger partial charge >= 0.3 is 7.12 Å². The Morgan fingerprint density at radius 3 is 2.06 bits per heavy atom. The van der Waals surface area contributed by atoms with E-state index in [0.717, 1.165) is 5.76 Å². The lowest BCUT2D eigenvalue weighted by atomic mass is 9.86. The standard InChI is InChI=1S/C12H20BNO3/c1-8(14)9-6-7-10(15-9)13-16-11(2,3)12(4,5)17-13/h6-8H,14H2,1-5H3/t8-/m1/s1. The van der Waals surface area contributed by atoms with Crippen LogP contribution in [0.2, 0.25) is 0 Å². The zero-order chi connectivity index (χ0) is 12.8. The fourth-order valence-electron chi connectivity index (χ4n) is 1.70. The summed E-state index contributed by atoms with van der Waals surface area (Å²) in [6.45, 7) is 9.95. The molecule has 17 heavy (non-hydrogen) atoms. The van der Waals surface area contributed by atoms with Crippen LogP contribution >= 0.6 is 0 Å². The highest BCUT2D eigenvalue weighted by atomic mass is 16.7. The molecular formula is C12H20BNO3. The third-order valence-corrected chi connectivity index (χ3v) is 3.58. The van der Waals surface area contributed by atoms with Crippen molar-refractivity contribution in [2.75, 3.05) is 0 Å². The molecule has 0 aromatic carbocycles. The molecule has 0 spiro atoms. The minimum absolute atomic E-state index is 0.119. The second-order valence-electron chi connectivity index (χ2n) is 5.62. The van der Waals surface area contributed by atoms with Gasteiger partial charge in [-0.1, -0.05) is 0 Å². The third-order valence-electron chi connectivity index (χ3n) is 3.58. The molecule has 94 valence electrons. The summed E-state index contributed by atoms with van der Waals surface area (Å²) in [5.74, 6) is 0.745. The second kappa shape index (κ2) is 3.87. The summed E-state index contributed by atoms with van der Waals surface area (Å²) in [7, 11) is -0.451. The van der Waals surface area contributed by atoms with Gasteiger partial charge in [-0.2, -0.15) is 0 Å². The lowest BCUT2D eigenvalue weighted by Gasteiger charge is -2.32. The number of nitrogens with two attached hydrogens (primary N) is 1. The van der Waals surface area contributed by atoms with Crippen LogP contribution in [0.5, 0.6) is 0 Å². The molecule has 0 amide bonds. The summed E-state index contributed by atoms with van der Waals surface area (Å²) in [5.41, 5.74) is 5.74. The highest BCUT2D eigenvalue weighted by Crippen LogP contribution is 2.36. The van der Waals surface area contributed by atoms with Crippen molar-refractivity contribution in [1.29, 1.82) is 0 Å². The highest BCUT2D eigenvalue weighted by molar-refractivity contribution is 6.60. The smallest absolute Gasteiger partial charge is 0.468 e. The van der Waals surface area contributed by atoms with Crippen molar-refractivity contribution in [1.82, 2.24) is 0 Å². The normalized spacial score (nSPS) is 24.0. The third kappa shape index (κ3) is 2.15. The Labute approximate surface area is 103 Å². The molecule has 1 aromatic rings. The van der Waals surface area contributed by atoms with Crippen LogP contribution in [-0.2, 0) is 9.31 Å². The molecule has 0 unspecified atom stereocenters. The van der Waals surface area contributed by atoms with Crippen LogP contribution < -0.4 is 11.4 Å². The van der Waals surface area contributed by atoms with E-state index in [9.17, 15) is 0 Å². The van der Waals surface area contributed by atoms with Crippen LogP contribution in [0.25, 0.3) is 0 Å². The summed E-state index contributed by atoms with van der Waals surface area (Å²) in [5, 5.41) is 0. The first kappa shape index (κ1) is 12.7. The van der Waals surface area contributed by atoms with Gasteiger partial charge in [0.15, 0.2) is 0 Å².